The highest BCUT2D eigenvalue weighted by Gasteiger charge is 2.46. The summed E-state index contributed by atoms with van der Waals surface area (Å²) in [5.41, 5.74) is 5.63. The van der Waals surface area contributed by atoms with E-state index in [9.17, 15) is 4.79 Å². The Kier molecular flexibility index (Phi) is 6.80. The summed E-state index contributed by atoms with van der Waals surface area (Å²) in [4.78, 5) is 10.4. The molecule has 0 aromatic heterocycles. The van der Waals surface area contributed by atoms with Crippen LogP contribution in [0.2, 0.25) is 0 Å². The molecular formula is C12H23NO7. The SMILES string of the molecule is NC1CCCCC1.O=C(O)[C@H]1O[C@@H](O)[C@@H](O)[C@@H](O)[C@@H]1O. The first kappa shape index (κ1) is 17.3. The van der Waals surface area contributed by atoms with E-state index in [-0.39, 0.29) is 0 Å². The molecule has 2 fully saturated rings. The van der Waals surface area contributed by atoms with Gasteiger partial charge in [0, 0.05) is 6.04 Å². The van der Waals surface area contributed by atoms with E-state index in [0.717, 1.165) is 0 Å². The highest BCUT2D eigenvalue weighted by Crippen LogP contribution is 2.19. The van der Waals surface area contributed by atoms with Crippen molar-refractivity contribution in [2.75, 3.05) is 0 Å². The van der Waals surface area contributed by atoms with Crippen molar-refractivity contribution in [3.8, 4) is 0 Å². The van der Waals surface area contributed by atoms with Crippen LogP contribution in [0.15, 0.2) is 0 Å². The molecule has 0 amide bonds. The molecular weight excluding hydrogens is 270 g/mol. The molecule has 20 heavy (non-hydrogen) atoms. The van der Waals surface area contributed by atoms with E-state index < -0.39 is 36.7 Å². The molecule has 2 rings (SSSR count). The minimum Gasteiger partial charge on any atom is -0.479 e. The van der Waals surface area contributed by atoms with Gasteiger partial charge in [-0.05, 0) is 12.8 Å². The van der Waals surface area contributed by atoms with Crippen LogP contribution in [0.4, 0.5) is 0 Å². The zero-order valence-corrected chi connectivity index (χ0v) is 11.1. The fourth-order valence-electron chi connectivity index (χ4n) is 2.20. The quantitative estimate of drug-likeness (QED) is 0.329. The van der Waals surface area contributed by atoms with Crippen molar-refractivity contribution < 1.29 is 35.1 Å². The molecule has 0 unspecified atom stereocenters. The van der Waals surface area contributed by atoms with Crippen molar-refractivity contribution in [1.29, 1.82) is 0 Å². The number of aliphatic carboxylic acids is 1. The van der Waals surface area contributed by atoms with Crippen LogP contribution in [-0.2, 0) is 9.53 Å². The van der Waals surface area contributed by atoms with Crippen molar-refractivity contribution in [3.63, 3.8) is 0 Å². The molecule has 8 nitrogen and oxygen atoms in total. The molecule has 118 valence electrons. The third kappa shape index (κ3) is 4.65. The van der Waals surface area contributed by atoms with Gasteiger partial charge in [-0.2, -0.15) is 0 Å². The highest BCUT2D eigenvalue weighted by atomic mass is 16.6. The molecule has 5 atom stereocenters. The molecule has 8 heteroatoms. The van der Waals surface area contributed by atoms with E-state index in [1.807, 2.05) is 0 Å². The predicted octanol–water partition coefficient (Wildman–Crippen LogP) is -1.85. The Morgan fingerprint density at radius 1 is 0.950 bits per heavy atom. The summed E-state index contributed by atoms with van der Waals surface area (Å²) in [6.45, 7) is 0. The summed E-state index contributed by atoms with van der Waals surface area (Å²) in [5.74, 6) is -1.52. The average Bonchev–Trinajstić information content (AvgIpc) is 2.42. The van der Waals surface area contributed by atoms with E-state index in [0.29, 0.717) is 6.04 Å². The topological polar surface area (TPSA) is 153 Å². The van der Waals surface area contributed by atoms with Crippen molar-refractivity contribution >= 4 is 5.97 Å². The van der Waals surface area contributed by atoms with Gasteiger partial charge in [0.2, 0.25) is 0 Å². The van der Waals surface area contributed by atoms with Gasteiger partial charge in [-0.3, -0.25) is 0 Å². The molecule has 0 radical (unpaired) electrons. The number of hydrogen-bond donors (Lipinski definition) is 6. The Balaban J connectivity index is 0.000000240. The Morgan fingerprint density at radius 2 is 1.50 bits per heavy atom. The van der Waals surface area contributed by atoms with Gasteiger partial charge in [0.15, 0.2) is 12.4 Å². The fraction of sp³-hybridized carbons (Fsp3) is 0.917. The van der Waals surface area contributed by atoms with Gasteiger partial charge < -0.3 is 36.0 Å². The maximum atomic E-state index is 10.4. The van der Waals surface area contributed by atoms with Crippen LogP contribution < -0.4 is 5.73 Å². The first-order valence-electron chi connectivity index (χ1n) is 6.70. The third-order valence-electron chi connectivity index (χ3n) is 3.48. The monoisotopic (exact) mass is 293 g/mol. The van der Waals surface area contributed by atoms with Gasteiger partial charge in [0.25, 0.3) is 0 Å². The number of aliphatic hydroxyl groups is 4. The molecule has 0 bridgehead atoms. The molecule has 0 aromatic rings. The smallest absolute Gasteiger partial charge is 0.335 e. The summed E-state index contributed by atoms with van der Waals surface area (Å²) in [5, 5.41) is 44.4. The molecule has 1 saturated heterocycles. The number of hydrogen-bond acceptors (Lipinski definition) is 7. The standard InChI is InChI=1S/C6H13N.C6H10O7/c7-6-4-2-1-3-5-6;7-1-2(8)4(5(10)11)13-6(12)3(1)9/h6H,1-5,7H2;1-4,6-9,12H,(H,10,11)/t;1-,2-,3-,4-,6+/m.0/s1. The zero-order valence-electron chi connectivity index (χ0n) is 11.1. The molecule has 0 aromatic carbocycles. The van der Waals surface area contributed by atoms with Crippen molar-refractivity contribution in [2.45, 2.75) is 68.9 Å². The van der Waals surface area contributed by atoms with Crippen LogP contribution in [0, 0.1) is 0 Å². The molecule has 7 N–H and O–H groups in total. The van der Waals surface area contributed by atoms with Crippen LogP contribution in [0.1, 0.15) is 32.1 Å². The fourth-order valence-corrected chi connectivity index (χ4v) is 2.20. The number of nitrogens with two attached hydrogens (primary N) is 1. The van der Waals surface area contributed by atoms with E-state index >= 15 is 0 Å². The lowest BCUT2D eigenvalue weighted by molar-refractivity contribution is -0.279. The van der Waals surface area contributed by atoms with E-state index in [1.54, 1.807) is 0 Å². The lowest BCUT2D eigenvalue weighted by atomic mass is 9.97. The Bertz CT molecular complexity index is 308. The molecule has 2 aliphatic rings. The first-order chi connectivity index (χ1) is 9.34. The van der Waals surface area contributed by atoms with Gasteiger partial charge >= 0.3 is 5.97 Å². The van der Waals surface area contributed by atoms with Gasteiger partial charge in [-0.25, -0.2) is 4.79 Å². The minimum absolute atomic E-state index is 0.536. The van der Waals surface area contributed by atoms with Crippen molar-refractivity contribution in [3.05, 3.63) is 0 Å². The molecule has 1 heterocycles. The second-order valence-electron chi connectivity index (χ2n) is 5.16. The lowest BCUT2D eigenvalue weighted by Crippen LogP contribution is -2.59. The van der Waals surface area contributed by atoms with Crippen molar-refractivity contribution in [1.82, 2.24) is 0 Å². The van der Waals surface area contributed by atoms with Gasteiger partial charge in [-0.1, -0.05) is 19.3 Å². The maximum Gasteiger partial charge on any atom is 0.335 e. The Hall–Kier alpha value is -0.770. The number of carbonyl (C=O) groups is 1. The first-order valence-corrected chi connectivity index (χ1v) is 6.70. The van der Waals surface area contributed by atoms with E-state index in [1.165, 1.54) is 32.1 Å². The zero-order chi connectivity index (χ0) is 15.3. The summed E-state index contributed by atoms with van der Waals surface area (Å²) in [7, 11) is 0. The van der Waals surface area contributed by atoms with Crippen LogP contribution >= 0.6 is 0 Å². The van der Waals surface area contributed by atoms with Crippen LogP contribution in [-0.4, -0.2) is 68.2 Å². The average molecular weight is 293 g/mol. The minimum atomic E-state index is -1.81. The number of rotatable bonds is 1. The second kappa shape index (κ2) is 7.87. The third-order valence-corrected chi connectivity index (χ3v) is 3.48. The van der Waals surface area contributed by atoms with Gasteiger partial charge in [0.05, 0.1) is 0 Å². The summed E-state index contributed by atoms with van der Waals surface area (Å²) < 4.78 is 4.34. The van der Waals surface area contributed by atoms with Crippen LogP contribution in [0.5, 0.6) is 0 Å². The Morgan fingerprint density at radius 3 is 1.90 bits per heavy atom. The van der Waals surface area contributed by atoms with E-state index in [4.69, 9.17) is 31.3 Å². The Labute approximate surface area is 116 Å². The number of carboxylic acid groups (broad SMARTS) is 1. The number of ether oxygens (including phenoxy) is 1. The predicted molar refractivity (Wildman–Crippen MR) is 67.6 cm³/mol. The molecule has 1 aliphatic heterocycles. The van der Waals surface area contributed by atoms with Crippen molar-refractivity contribution in [2.24, 2.45) is 5.73 Å². The second-order valence-corrected chi connectivity index (χ2v) is 5.16. The maximum absolute atomic E-state index is 10.4. The lowest BCUT2D eigenvalue weighted by Gasteiger charge is -2.36. The van der Waals surface area contributed by atoms with Crippen LogP contribution in [0.25, 0.3) is 0 Å². The highest BCUT2D eigenvalue weighted by molar-refractivity contribution is 5.73. The van der Waals surface area contributed by atoms with Gasteiger partial charge in [0.1, 0.15) is 18.3 Å². The molecule has 0 spiro atoms. The van der Waals surface area contributed by atoms with Crippen LogP contribution in [0.3, 0.4) is 0 Å². The normalized spacial score (nSPS) is 38.8. The van der Waals surface area contributed by atoms with E-state index in [2.05, 4.69) is 4.74 Å². The van der Waals surface area contributed by atoms with Gasteiger partial charge in [-0.15, -0.1) is 0 Å². The summed E-state index contributed by atoms with van der Waals surface area (Å²) in [6.07, 6.45) is -2.06. The molecule has 1 aliphatic carbocycles. The summed E-state index contributed by atoms with van der Waals surface area (Å²) in [6, 6.07) is 0.536. The molecule has 1 saturated carbocycles. The largest absolute Gasteiger partial charge is 0.479 e. The summed E-state index contributed by atoms with van der Waals surface area (Å²) >= 11 is 0. The number of carboxylic acids is 1. The number of aliphatic hydroxyl groups excluding tert-OH is 4.